The fourth-order valence-corrected chi connectivity index (χ4v) is 5.52. The molecule has 0 radical (unpaired) electrons. The van der Waals surface area contributed by atoms with Crippen molar-refractivity contribution in [2.45, 2.75) is 12.5 Å². The molecule has 0 heterocycles. The van der Waals surface area contributed by atoms with Crippen LogP contribution in [0.2, 0.25) is 0 Å². The number of halogens is 2. The van der Waals surface area contributed by atoms with E-state index < -0.39 is 19.5 Å². The first-order valence-electron chi connectivity index (χ1n) is 9.61. The Balaban J connectivity index is 0.00000128. The maximum absolute atomic E-state index is 6.21. The molecule has 4 aromatic carbocycles. The van der Waals surface area contributed by atoms with Crippen LogP contribution in [0.1, 0.15) is 28.2 Å². The number of benzene rings is 4. The monoisotopic (exact) mass is 466 g/mol. The number of hydrogen-bond acceptors (Lipinski definition) is 1. The summed E-state index contributed by atoms with van der Waals surface area (Å²) in [4.78, 5) is 0. The number of fused-ring (bicyclic) bond motifs is 3. The molecule has 0 atom stereocenters. The van der Waals surface area contributed by atoms with Crippen LogP contribution in [-0.4, -0.2) is 0 Å². The molecular formula is C26H20Cl2OTi. The van der Waals surface area contributed by atoms with E-state index in [1.54, 1.807) is 0 Å². The van der Waals surface area contributed by atoms with Crippen molar-refractivity contribution in [2.75, 3.05) is 0 Å². The Bertz CT molecular complexity index is 1070. The molecule has 148 valence electrons. The first-order chi connectivity index (χ1) is 13.9. The third-order valence-electron chi connectivity index (χ3n) is 5.37. The van der Waals surface area contributed by atoms with Crippen LogP contribution in [0.15, 0.2) is 103 Å². The fraction of sp³-hybridized carbons (Fsp3) is 0.0769. The van der Waals surface area contributed by atoms with Crippen molar-refractivity contribution in [1.82, 2.24) is 0 Å². The molecule has 4 heteroatoms. The van der Waals surface area contributed by atoms with Gasteiger partial charge in [-0.3, -0.25) is 0 Å². The van der Waals surface area contributed by atoms with E-state index >= 15 is 0 Å². The second-order valence-electron chi connectivity index (χ2n) is 7.07. The second kappa shape index (κ2) is 10.4. The van der Waals surface area contributed by atoms with Gasteiger partial charge < -0.3 is 24.8 Å². The third-order valence-corrected chi connectivity index (χ3v) is 6.87. The summed E-state index contributed by atoms with van der Waals surface area (Å²) in [5.74, 6) is 0.299. The van der Waals surface area contributed by atoms with Crippen molar-refractivity contribution in [1.29, 1.82) is 0 Å². The summed E-state index contributed by atoms with van der Waals surface area (Å²) in [6.45, 7) is 0.688. The normalized spacial score (nSPS) is 11.5. The number of hydrogen-bond donors (Lipinski definition) is 0. The molecule has 0 saturated heterocycles. The first kappa shape index (κ1) is 22.8. The summed E-state index contributed by atoms with van der Waals surface area (Å²) < 4.78 is 7.59. The molecule has 1 nitrogen and oxygen atoms in total. The predicted octanol–water partition coefficient (Wildman–Crippen LogP) is -0.305. The zero-order chi connectivity index (χ0) is 18.8. The van der Waals surface area contributed by atoms with Crippen LogP contribution in [-0.2, 0) is 29.5 Å². The van der Waals surface area contributed by atoms with E-state index in [1.165, 1.54) is 37.2 Å². The SMILES string of the molecule is [Cl-].[Cl-].c1ccc(C[O][Ti+2][c]2ccccc2C2c3ccccc3-c3ccccc32)cc1. The van der Waals surface area contributed by atoms with Gasteiger partial charge in [-0.25, -0.2) is 0 Å². The van der Waals surface area contributed by atoms with Gasteiger partial charge in [0.15, 0.2) is 0 Å². The van der Waals surface area contributed by atoms with Gasteiger partial charge in [-0.1, -0.05) is 0 Å². The minimum atomic E-state index is -0.675. The van der Waals surface area contributed by atoms with Crippen molar-refractivity contribution in [3.8, 4) is 11.1 Å². The van der Waals surface area contributed by atoms with Gasteiger partial charge in [0.1, 0.15) is 0 Å². The summed E-state index contributed by atoms with van der Waals surface area (Å²) in [6.07, 6.45) is 0. The standard InChI is InChI=1S/C19H13.C7H7O.2ClH.Ti/c1-2-8-14(9-3-1)19-17-12-6-4-10-15(17)16-11-5-7-13-18(16)19;8-6-7-4-2-1-3-5-7;;;/h1-8,10-13,19H;1-5H,6H2;2*1H;/q;-1;;;+3/p-2. The molecule has 0 saturated carbocycles. The van der Waals surface area contributed by atoms with Crippen molar-refractivity contribution in [3.05, 3.63) is 125 Å². The Kier molecular flexibility index (Phi) is 7.94. The summed E-state index contributed by atoms with van der Waals surface area (Å²) >= 11 is -0.675. The van der Waals surface area contributed by atoms with Gasteiger partial charge in [0.05, 0.1) is 0 Å². The molecule has 4 aromatic rings. The first-order valence-corrected chi connectivity index (χ1v) is 11.0. The quantitative estimate of drug-likeness (QED) is 0.323. The van der Waals surface area contributed by atoms with Gasteiger partial charge >= 0.3 is 176 Å². The van der Waals surface area contributed by atoms with Crippen molar-refractivity contribution < 1.29 is 47.7 Å². The Labute approximate surface area is 199 Å². The Morgan fingerprint density at radius 3 is 1.70 bits per heavy atom. The zero-order valence-corrected chi connectivity index (χ0v) is 19.3. The van der Waals surface area contributed by atoms with Gasteiger partial charge in [0.25, 0.3) is 0 Å². The minimum absolute atomic E-state index is 0. The molecule has 0 aliphatic heterocycles. The molecule has 0 amide bonds. The van der Waals surface area contributed by atoms with Gasteiger partial charge in [-0.15, -0.1) is 0 Å². The van der Waals surface area contributed by atoms with Crippen LogP contribution in [0.25, 0.3) is 11.1 Å². The summed E-state index contributed by atoms with van der Waals surface area (Å²) in [5, 5.41) is 0. The van der Waals surface area contributed by atoms with E-state index in [1.807, 2.05) is 6.07 Å². The molecule has 0 unspecified atom stereocenters. The summed E-state index contributed by atoms with van der Waals surface area (Å²) in [7, 11) is 0. The van der Waals surface area contributed by atoms with Crippen LogP contribution in [0.4, 0.5) is 0 Å². The van der Waals surface area contributed by atoms with E-state index in [4.69, 9.17) is 3.32 Å². The molecular weight excluding hydrogens is 447 g/mol. The molecule has 0 N–H and O–H groups in total. The summed E-state index contributed by atoms with van der Waals surface area (Å²) in [5.41, 5.74) is 8.18. The average molecular weight is 467 g/mol. The predicted molar refractivity (Wildman–Crippen MR) is 110 cm³/mol. The molecule has 0 spiro atoms. The fourth-order valence-electron chi connectivity index (χ4n) is 4.10. The molecule has 1 aliphatic carbocycles. The van der Waals surface area contributed by atoms with Crippen LogP contribution in [0, 0.1) is 0 Å². The van der Waals surface area contributed by atoms with E-state index in [0.717, 1.165) is 0 Å². The molecule has 0 aromatic heterocycles. The molecule has 30 heavy (non-hydrogen) atoms. The van der Waals surface area contributed by atoms with Crippen LogP contribution in [0.3, 0.4) is 0 Å². The van der Waals surface area contributed by atoms with Crippen molar-refractivity contribution in [2.24, 2.45) is 0 Å². The van der Waals surface area contributed by atoms with E-state index in [0.29, 0.717) is 12.5 Å². The van der Waals surface area contributed by atoms with Crippen LogP contribution in [0.5, 0.6) is 0 Å². The Morgan fingerprint density at radius 1 is 0.567 bits per heavy atom. The Hall–Kier alpha value is -1.87. The average Bonchev–Trinajstić information content (AvgIpc) is 3.09. The third kappa shape index (κ3) is 4.42. The van der Waals surface area contributed by atoms with Gasteiger partial charge in [0, 0.05) is 0 Å². The van der Waals surface area contributed by atoms with Crippen molar-refractivity contribution in [3.63, 3.8) is 0 Å². The topological polar surface area (TPSA) is 9.23 Å². The van der Waals surface area contributed by atoms with E-state index in [9.17, 15) is 0 Å². The second-order valence-corrected chi connectivity index (χ2v) is 8.68. The van der Waals surface area contributed by atoms with Gasteiger partial charge in [-0.2, -0.15) is 0 Å². The van der Waals surface area contributed by atoms with Crippen LogP contribution >= 0.6 is 0 Å². The molecule has 0 bridgehead atoms. The van der Waals surface area contributed by atoms with E-state index in [-0.39, 0.29) is 24.8 Å². The van der Waals surface area contributed by atoms with Gasteiger partial charge in [-0.05, 0) is 0 Å². The molecule has 5 rings (SSSR count). The maximum atomic E-state index is 6.21. The van der Waals surface area contributed by atoms with Crippen LogP contribution < -0.4 is 28.7 Å². The Morgan fingerprint density at radius 2 is 1.07 bits per heavy atom. The number of rotatable bonds is 5. The molecule has 0 fully saturated rings. The van der Waals surface area contributed by atoms with Gasteiger partial charge in [0.2, 0.25) is 0 Å². The zero-order valence-electron chi connectivity index (χ0n) is 16.3. The van der Waals surface area contributed by atoms with E-state index in [2.05, 4.69) is 97.1 Å². The molecule has 1 aliphatic rings. The summed E-state index contributed by atoms with van der Waals surface area (Å²) in [6, 6.07) is 36.9. The van der Waals surface area contributed by atoms with Crippen molar-refractivity contribution >= 4 is 3.87 Å².